The molecule has 0 saturated heterocycles. The van der Waals surface area contributed by atoms with Crippen molar-refractivity contribution in [1.82, 2.24) is 19.1 Å². The molecule has 25 heavy (non-hydrogen) atoms. The maximum Gasteiger partial charge on any atom is 0.329 e. The van der Waals surface area contributed by atoms with Crippen molar-refractivity contribution in [2.75, 3.05) is 0 Å². The molecule has 0 amide bonds. The topological polar surface area (TPSA) is 72.7 Å². The summed E-state index contributed by atoms with van der Waals surface area (Å²) in [6, 6.07) is 8.11. The second-order valence-electron chi connectivity index (χ2n) is 6.02. The number of thioether (sulfide) groups is 1. The largest absolute Gasteiger partial charge is 0.329 e. The number of nitrogens with one attached hydrogen (secondary N) is 1. The molecule has 1 aromatic carbocycles. The number of imidazole rings is 1. The lowest BCUT2D eigenvalue weighted by atomic mass is 10.1. The van der Waals surface area contributed by atoms with Gasteiger partial charge in [-0.1, -0.05) is 47.7 Å². The molecule has 0 saturated carbocycles. The number of aromatic nitrogens is 4. The first-order valence-corrected chi connectivity index (χ1v) is 8.83. The highest BCUT2D eigenvalue weighted by Crippen LogP contribution is 2.26. The highest BCUT2D eigenvalue weighted by atomic mass is 32.2. The van der Waals surface area contributed by atoms with E-state index in [1.807, 2.05) is 42.7 Å². The molecular formula is C18H20N4O2S. The van der Waals surface area contributed by atoms with Crippen LogP contribution in [0.3, 0.4) is 0 Å². The van der Waals surface area contributed by atoms with Crippen LogP contribution in [0, 0.1) is 6.92 Å². The summed E-state index contributed by atoms with van der Waals surface area (Å²) >= 11 is 1.51. The van der Waals surface area contributed by atoms with Gasteiger partial charge in [0.05, 0.1) is 6.54 Å². The van der Waals surface area contributed by atoms with Gasteiger partial charge < -0.3 is 4.57 Å². The summed E-state index contributed by atoms with van der Waals surface area (Å²) in [7, 11) is 1.61. The smallest absolute Gasteiger partial charge is 0.309 e. The summed E-state index contributed by atoms with van der Waals surface area (Å²) in [5.41, 5.74) is 2.13. The normalized spacial score (nSPS) is 12.4. The van der Waals surface area contributed by atoms with Crippen molar-refractivity contribution in [2.24, 2.45) is 7.05 Å². The Morgan fingerprint density at radius 3 is 2.84 bits per heavy atom. The van der Waals surface area contributed by atoms with Crippen LogP contribution in [0.1, 0.15) is 18.1 Å². The molecule has 2 heterocycles. The molecule has 7 heteroatoms. The highest BCUT2D eigenvalue weighted by molar-refractivity contribution is 7.99. The number of nitrogens with zero attached hydrogens (tertiary/aromatic N) is 3. The molecule has 0 spiro atoms. The Morgan fingerprint density at radius 2 is 2.16 bits per heavy atom. The third-order valence-electron chi connectivity index (χ3n) is 4.02. The molecule has 0 radical (unpaired) electrons. The summed E-state index contributed by atoms with van der Waals surface area (Å²) in [6.07, 6.45) is 1.82. The lowest BCUT2D eigenvalue weighted by Crippen LogP contribution is -2.29. The first-order valence-electron chi connectivity index (χ1n) is 7.95. The van der Waals surface area contributed by atoms with E-state index in [-0.39, 0.29) is 5.25 Å². The van der Waals surface area contributed by atoms with Gasteiger partial charge in [0.25, 0.3) is 5.56 Å². The van der Waals surface area contributed by atoms with Crippen molar-refractivity contribution >= 4 is 22.9 Å². The maximum atomic E-state index is 12.4. The fourth-order valence-electron chi connectivity index (χ4n) is 2.66. The quantitative estimate of drug-likeness (QED) is 0.563. The Morgan fingerprint density at radius 1 is 1.40 bits per heavy atom. The van der Waals surface area contributed by atoms with Gasteiger partial charge in [-0.25, -0.2) is 9.78 Å². The Labute approximate surface area is 149 Å². The number of H-pyrrole nitrogens is 1. The second kappa shape index (κ2) is 6.76. The van der Waals surface area contributed by atoms with Crippen molar-refractivity contribution in [3.63, 3.8) is 0 Å². The van der Waals surface area contributed by atoms with E-state index >= 15 is 0 Å². The molecule has 130 valence electrons. The molecule has 1 N–H and O–H groups in total. The molecule has 0 aliphatic carbocycles. The molecular weight excluding hydrogens is 336 g/mol. The van der Waals surface area contributed by atoms with E-state index in [4.69, 9.17) is 0 Å². The summed E-state index contributed by atoms with van der Waals surface area (Å²) in [6.45, 7) is 8.35. The Bertz CT molecular complexity index is 1060. The minimum atomic E-state index is -0.467. The third kappa shape index (κ3) is 3.32. The number of aryl methyl sites for hydroxylation is 2. The highest BCUT2D eigenvalue weighted by Gasteiger charge is 2.19. The van der Waals surface area contributed by atoms with Gasteiger partial charge >= 0.3 is 5.69 Å². The standard InChI is InChI=1S/C18H20N4O2S/c1-5-12(3)25-18-19-15-14(16(23)20-17(24)21(15)4)22(18)10-13-8-6-7-11(2)9-13/h5-9,12H,1,10H2,2-4H3,(H,20,23,24)/t12-/m0/s1. The first kappa shape index (κ1) is 17.3. The molecule has 3 aromatic rings. The van der Waals surface area contributed by atoms with E-state index < -0.39 is 11.2 Å². The minimum absolute atomic E-state index is 0.129. The SMILES string of the molecule is C=C[C@H](C)Sc1nc2c(c(=O)[nH]c(=O)n2C)n1Cc1cccc(C)c1. The van der Waals surface area contributed by atoms with Crippen molar-refractivity contribution in [1.29, 1.82) is 0 Å². The first-order chi connectivity index (χ1) is 11.9. The fraction of sp³-hybridized carbons (Fsp3) is 0.278. The van der Waals surface area contributed by atoms with Gasteiger partial charge in [-0.15, -0.1) is 6.58 Å². The number of aromatic amines is 1. The molecule has 0 fully saturated rings. The van der Waals surface area contributed by atoms with Crippen LogP contribution in [0.5, 0.6) is 0 Å². The summed E-state index contributed by atoms with van der Waals surface area (Å²) < 4.78 is 3.24. The molecule has 6 nitrogen and oxygen atoms in total. The summed E-state index contributed by atoms with van der Waals surface area (Å²) in [5, 5.41) is 0.819. The van der Waals surface area contributed by atoms with Crippen molar-refractivity contribution in [3.8, 4) is 0 Å². The van der Waals surface area contributed by atoms with Gasteiger partial charge in [-0.2, -0.15) is 0 Å². The number of benzene rings is 1. The Hall–Kier alpha value is -2.54. The molecule has 2 aromatic heterocycles. The number of rotatable bonds is 5. The van der Waals surface area contributed by atoms with Gasteiger partial charge in [0.15, 0.2) is 16.3 Å². The maximum absolute atomic E-state index is 12.4. The van der Waals surface area contributed by atoms with E-state index in [1.165, 1.54) is 16.3 Å². The predicted molar refractivity (Wildman–Crippen MR) is 101 cm³/mol. The van der Waals surface area contributed by atoms with Crippen LogP contribution < -0.4 is 11.2 Å². The Balaban J connectivity index is 2.24. The monoisotopic (exact) mass is 356 g/mol. The lowest BCUT2D eigenvalue weighted by Gasteiger charge is -2.11. The van der Waals surface area contributed by atoms with E-state index in [2.05, 4.69) is 22.6 Å². The molecule has 0 aliphatic rings. The predicted octanol–water partition coefficient (Wildman–Crippen LogP) is 2.45. The van der Waals surface area contributed by atoms with E-state index in [0.717, 1.165) is 11.1 Å². The molecule has 0 bridgehead atoms. The van der Waals surface area contributed by atoms with Gasteiger partial charge in [-0.05, 0) is 19.4 Å². The van der Waals surface area contributed by atoms with Crippen LogP contribution in [0.2, 0.25) is 0 Å². The Kier molecular flexibility index (Phi) is 4.67. The van der Waals surface area contributed by atoms with Gasteiger partial charge in [0.1, 0.15) is 0 Å². The lowest BCUT2D eigenvalue weighted by molar-refractivity contribution is 0.726. The molecule has 0 unspecified atom stereocenters. The van der Waals surface area contributed by atoms with E-state index in [9.17, 15) is 9.59 Å². The van der Waals surface area contributed by atoms with Crippen LogP contribution in [-0.2, 0) is 13.6 Å². The fourth-order valence-corrected chi connectivity index (χ4v) is 3.51. The number of hydrogen-bond donors (Lipinski definition) is 1. The van der Waals surface area contributed by atoms with E-state index in [1.54, 1.807) is 7.05 Å². The zero-order chi connectivity index (χ0) is 18.1. The van der Waals surface area contributed by atoms with Crippen LogP contribution in [0.4, 0.5) is 0 Å². The van der Waals surface area contributed by atoms with Crippen molar-refractivity contribution < 1.29 is 0 Å². The minimum Gasteiger partial charge on any atom is -0.309 e. The number of fused-ring (bicyclic) bond motifs is 1. The van der Waals surface area contributed by atoms with Crippen LogP contribution in [0.25, 0.3) is 11.2 Å². The molecule has 1 atom stereocenters. The van der Waals surface area contributed by atoms with Crippen molar-refractivity contribution in [2.45, 2.75) is 30.8 Å². The van der Waals surface area contributed by atoms with Gasteiger partial charge in [0.2, 0.25) is 0 Å². The summed E-state index contributed by atoms with van der Waals surface area (Å²) in [4.78, 5) is 31.3. The van der Waals surface area contributed by atoms with Crippen LogP contribution in [-0.4, -0.2) is 24.4 Å². The summed E-state index contributed by atoms with van der Waals surface area (Å²) in [5.74, 6) is 0. The second-order valence-corrected chi connectivity index (χ2v) is 7.36. The zero-order valence-corrected chi connectivity index (χ0v) is 15.3. The van der Waals surface area contributed by atoms with E-state index in [0.29, 0.717) is 22.9 Å². The molecule has 3 rings (SSSR count). The van der Waals surface area contributed by atoms with Crippen LogP contribution in [0.15, 0.2) is 51.7 Å². The average molecular weight is 356 g/mol. The average Bonchev–Trinajstić information content (AvgIpc) is 2.91. The third-order valence-corrected chi connectivity index (χ3v) is 5.11. The van der Waals surface area contributed by atoms with Crippen molar-refractivity contribution in [3.05, 3.63) is 68.9 Å². The van der Waals surface area contributed by atoms with Gasteiger partial charge in [-0.3, -0.25) is 14.3 Å². The molecule has 0 aliphatic heterocycles. The van der Waals surface area contributed by atoms with Crippen LogP contribution >= 0.6 is 11.8 Å². The zero-order valence-electron chi connectivity index (χ0n) is 14.4. The van der Waals surface area contributed by atoms with Gasteiger partial charge in [0, 0.05) is 12.3 Å². The number of hydrogen-bond acceptors (Lipinski definition) is 4.